The first kappa shape index (κ1) is 20.1. The van der Waals surface area contributed by atoms with Crippen molar-refractivity contribution in [1.29, 1.82) is 0 Å². The highest BCUT2D eigenvalue weighted by Crippen LogP contribution is 2.55. The van der Waals surface area contributed by atoms with Gasteiger partial charge in [0.05, 0.1) is 23.6 Å². The van der Waals surface area contributed by atoms with Crippen LogP contribution in [0.4, 0.5) is 0 Å². The average Bonchev–Trinajstić information content (AvgIpc) is 3.13. The molecule has 0 atom stereocenters. The number of phenolic OH excluding ortho intramolecular Hbond substituents is 1. The topological polar surface area (TPSA) is 71.7 Å². The van der Waals surface area contributed by atoms with E-state index in [-0.39, 0.29) is 11.3 Å². The number of ether oxygens (including phenoxy) is 1. The molecule has 3 aromatic rings. The maximum Gasteiger partial charge on any atom is 0.306 e. The summed E-state index contributed by atoms with van der Waals surface area (Å²) in [4.78, 5) is 11.6. The number of aromatic nitrogens is 1. The molecule has 1 saturated carbocycles. The van der Waals surface area contributed by atoms with Crippen LogP contribution in [0.2, 0.25) is 0 Å². The number of fused-ring (bicyclic) bond motifs is 4. The van der Waals surface area contributed by atoms with Crippen LogP contribution < -0.4 is 0 Å². The van der Waals surface area contributed by atoms with E-state index >= 15 is 0 Å². The van der Waals surface area contributed by atoms with Gasteiger partial charge in [-0.15, -0.1) is 0 Å². The first-order valence-electron chi connectivity index (χ1n) is 11.1. The molecule has 0 radical (unpaired) electrons. The smallest absolute Gasteiger partial charge is 0.306 e. The van der Waals surface area contributed by atoms with E-state index in [1.165, 1.54) is 0 Å². The van der Waals surface area contributed by atoms with Crippen molar-refractivity contribution >= 4 is 16.9 Å². The monoisotopic (exact) mass is 419 g/mol. The van der Waals surface area contributed by atoms with Crippen molar-refractivity contribution in [3.8, 4) is 11.4 Å². The number of hydrogen-bond acceptors (Lipinski definition) is 3. The molecular weight excluding hydrogens is 390 g/mol. The van der Waals surface area contributed by atoms with E-state index in [9.17, 15) is 15.0 Å². The van der Waals surface area contributed by atoms with Crippen molar-refractivity contribution in [2.45, 2.75) is 57.5 Å². The number of aliphatic carboxylic acids is 1. The number of hydrogen-bond donors (Lipinski definition) is 2. The van der Waals surface area contributed by atoms with E-state index in [0.717, 1.165) is 33.4 Å². The average molecular weight is 420 g/mol. The molecular formula is C26H29NO4. The molecule has 162 valence electrons. The highest BCUT2D eigenvalue weighted by Gasteiger charge is 2.50. The highest BCUT2D eigenvalue weighted by molar-refractivity contribution is 5.95. The lowest BCUT2D eigenvalue weighted by atomic mass is 9.69. The molecule has 0 bridgehead atoms. The van der Waals surface area contributed by atoms with E-state index in [4.69, 9.17) is 4.74 Å². The molecule has 2 aliphatic rings. The molecule has 1 aromatic heterocycles. The molecule has 0 amide bonds. The van der Waals surface area contributed by atoms with Crippen LogP contribution in [0.3, 0.4) is 0 Å². The van der Waals surface area contributed by atoms with E-state index < -0.39 is 11.6 Å². The predicted molar refractivity (Wildman–Crippen MR) is 120 cm³/mol. The summed E-state index contributed by atoms with van der Waals surface area (Å²) >= 11 is 0. The maximum atomic E-state index is 11.6. The molecule has 0 unspecified atom stereocenters. The van der Waals surface area contributed by atoms with Crippen molar-refractivity contribution in [1.82, 2.24) is 4.57 Å². The first-order chi connectivity index (χ1) is 14.8. The number of aryl methyl sites for hydroxylation is 1. The summed E-state index contributed by atoms with van der Waals surface area (Å²) in [6.07, 6.45) is 2.46. The summed E-state index contributed by atoms with van der Waals surface area (Å²) in [7, 11) is 0. The van der Waals surface area contributed by atoms with Gasteiger partial charge in [-0.1, -0.05) is 38.1 Å². The van der Waals surface area contributed by atoms with Gasteiger partial charge in [-0.25, -0.2) is 0 Å². The third kappa shape index (κ3) is 2.90. The fourth-order valence-electron chi connectivity index (χ4n) is 5.58. The standard InChI is InChI=1S/C26H29NO4/c1-16-9-10-19-20(22(16)28)21-23(27(19)18-7-5-4-6-8-18)25(2,3)15-31-26(21)13-11-17(12-14-26)24(29)30/h4-10,17,28H,11-15H2,1-3H3,(H,29,30). The molecule has 1 aliphatic heterocycles. The summed E-state index contributed by atoms with van der Waals surface area (Å²) in [5.41, 5.74) is 4.24. The van der Waals surface area contributed by atoms with Gasteiger partial charge in [-0.2, -0.15) is 0 Å². The Balaban J connectivity index is 1.84. The van der Waals surface area contributed by atoms with Gasteiger partial charge in [0.2, 0.25) is 0 Å². The highest BCUT2D eigenvalue weighted by atomic mass is 16.5. The molecule has 0 saturated heterocycles. The lowest BCUT2D eigenvalue weighted by molar-refractivity contribution is -0.149. The zero-order valence-electron chi connectivity index (χ0n) is 18.3. The Morgan fingerprint density at radius 3 is 2.42 bits per heavy atom. The van der Waals surface area contributed by atoms with Gasteiger partial charge in [0.15, 0.2) is 0 Å². The second kappa shape index (κ2) is 6.86. The Labute approximate surface area is 182 Å². The Kier molecular flexibility index (Phi) is 4.45. The molecule has 2 aromatic carbocycles. The zero-order valence-corrected chi connectivity index (χ0v) is 18.3. The van der Waals surface area contributed by atoms with Gasteiger partial charge in [0.25, 0.3) is 0 Å². The number of rotatable bonds is 2. The van der Waals surface area contributed by atoms with Crippen LogP contribution in [0, 0.1) is 12.8 Å². The Morgan fingerprint density at radius 2 is 1.77 bits per heavy atom. The van der Waals surface area contributed by atoms with Crippen LogP contribution in [0.5, 0.6) is 5.75 Å². The van der Waals surface area contributed by atoms with Crippen molar-refractivity contribution in [3.63, 3.8) is 0 Å². The molecule has 5 heteroatoms. The number of nitrogens with zero attached hydrogens (tertiary/aromatic N) is 1. The number of para-hydroxylation sites is 1. The summed E-state index contributed by atoms with van der Waals surface area (Å²) < 4.78 is 8.89. The first-order valence-corrected chi connectivity index (χ1v) is 11.1. The minimum atomic E-state index is -0.725. The molecule has 5 nitrogen and oxygen atoms in total. The van der Waals surface area contributed by atoms with Crippen LogP contribution in [0.25, 0.3) is 16.6 Å². The minimum absolute atomic E-state index is 0.264. The molecule has 1 spiro atoms. The van der Waals surface area contributed by atoms with E-state index in [1.807, 2.05) is 31.2 Å². The molecule has 5 rings (SSSR count). The second-order valence-electron chi connectivity index (χ2n) is 9.80. The molecule has 2 heterocycles. The Hall–Kier alpha value is -2.79. The van der Waals surface area contributed by atoms with Crippen molar-refractivity contribution in [2.75, 3.05) is 6.61 Å². The van der Waals surface area contributed by atoms with E-state index in [1.54, 1.807) is 0 Å². The van der Waals surface area contributed by atoms with Gasteiger partial charge in [-0.05, 0) is 56.4 Å². The zero-order chi connectivity index (χ0) is 22.0. The Morgan fingerprint density at radius 1 is 1.10 bits per heavy atom. The fourth-order valence-corrected chi connectivity index (χ4v) is 5.58. The lowest BCUT2D eigenvalue weighted by Gasteiger charge is -2.47. The van der Waals surface area contributed by atoms with Crippen molar-refractivity contribution < 1.29 is 19.7 Å². The molecule has 1 fully saturated rings. The van der Waals surface area contributed by atoms with Gasteiger partial charge < -0.3 is 19.5 Å². The van der Waals surface area contributed by atoms with Crippen LogP contribution in [-0.2, 0) is 20.5 Å². The lowest BCUT2D eigenvalue weighted by Crippen LogP contribution is -2.46. The number of carbonyl (C=O) groups is 1. The van der Waals surface area contributed by atoms with Gasteiger partial charge in [0, 0.05) is 27.7 Å². The van der Waals surface area contributed by atoms with Crippen LogP contribution in [0.1, 0.15) is 56.4 Å². The summed E-state index contributed by atoms with van der Waals surface area (Å²) in [6.45, 7) is 6.85. The van der Waals surface area contributed by atoms with Gasteiger partial charge in [0.1, 0.15) is 5.75 Å². The number of phenols is 1. The van der Waals surface area contributed by atoms with Crippen LogP contribution in [-0.4, -0.2) is 27.4 Å². The fraction of sp³-hybridized carbons (Fsp3) is 0.423. The summed E-state index contributed by atoms with van der Waals surface area (Å²) in [6, 6.07) is 14.3. The Bertz CT molecular complexity index is 1170. The molecule has 31 heavy (non-hydrogen) atoms. The summed E-state index contributed by atoms with van der Waals surface area (Å²) in [5.74, 6) is -0.758. The van der Waals surface area contributed by atoms with E-state index in [0.29, 0.717) is 38.0 Å². The third-order valence-electron chi connectivity index (χ3n) is 7.27. The third-order valence-corrected chi connectivity index (χ3v) is 7.27. The second-order valence-corrected chi connectivity index (χ2v) is 9.80. The molecule has 2 N–H and O–H groups in total. The summed E-state index contributed by atoms with van der Waals surface area (Å²) in [5, 5.41) is 21.6. The van der Waals surface area contributed by atoms with Crippen LogP contribution in [0.15, 0.2) is 42.5 Å². The number of carboxylic acids is 1. The number of benzene rings is 2. The van der Waals surface area contributed by atoms with Crippen molar-refractivity contribution in [3.05, 3.63) is 59.3 Å². The molecule has 1 aliphatic carbocycles. The van der Waals surface area contributed by atoms with Gasteiger partial charge >= 0.3 is 5.97 Å². The number of aromatic hydroxyl groups is 1. The predicted octanol–water partition coefficient (Wildman–Crippen LogP) is 5.42. The minimum Gasteiger partial charge on any atom is -0.507 e. The van der Waals surface area contributed by atoms with Crippen LogP contribution >= 0.6 is 0 Å². The number of carboxylic acid groups (broad SMARTS) is 1. The normalized spacial score (nSPS) is 24.9. The SMILES string of the molecule is Cc1ccc2c(c1O)c1c(n2-c2ccccc2)C(C)(C)COC12CCC(C(=O)O)CC2. The van der Waals surface area contributed by atoms with Crippen molar-refractivity contribution in [2.24, 2.45) is 5.92 Å². The maximum absolute atomic E-state index is 11.6. The quantitative estimate of drug-likeness (QED) is 0.582. The largest absolute Gasteiger partial charge is 0.507 e. The van der Waals surface area contributed by atoms with Gasteiger partial charge in [-0.3, -0.25) is 4.79 Å². The van der Waals surface area contributed by atoms with E-state index in [2.05, 4.69) is 36.6 Å².